The van der Waals surface area contributed by atoms with E-state index in [1.165, 1.54) is 24.3 Å². The van der Waals surface area contributed by atoms with Crippen molar-refractivity contribution in [2.24, 2.45) is 0 Å². The molecule has 7 heteroatoms. The summed E-state index contributed by atoms with van der Waals surface area (Å²) in [5.74, 6) is 0.126. The van der Waals surface area contributed by atoms with Crippen LogP contribution in [0.3, 0.4) is 0 Å². The van der Waals surface area contributed by atoms with Gasteiger partial charge in [0.25, 0.3) is 5.91 Å². The highest BCUT2D eigenvalue weighted by Crippen LogP contribution is 2.24. The number of aromatic nitrogens is 1. The summed E-state index contributed by atoms with van der Waals surface area (Å²) in [5.41, 5.74) is 2.20. The Bertz CT molecular complexity index is 938. The molecule has 1 saturated heterocycles. The standard InChI is InChI=1S/C22H22FN3O2S/c23-18-6-8-20(9-7-18)28-15-21(27)26-12-10-25(11-13-26)14-19-16-29-22(24-19)17-4-2-1-3-5-17/h1-9,16H,10-15H2. The number of nitrogens with zero attached hydrogens (tertiary/aromatic N) is 3. The topological polar surface area (TPSA) is 45.7 Å². The number of hydrogen-bond acceptors (Lipinski definition) is 5. The van der Waals surface area contributed by atoms with Gasteiger partial charge < -0.3 is 9.64 Å². The van der Waals surface area contributed by atoms with Gasteiger partial charge in [-0.3, -0.25) is 9.69 Å². The van der Waals surface area contributed by atoms with Gasteiger partial charge in [-0.2, -0.15) is 0 Å². The van der Waals surface area contributed by atoms with Crippen molar-refractivity contribution in [1.82, 2.24) is 14.8 Å². The van der Waals surface area contributed by atoms with Crippen LogP contribution in [0.5, 0.6) is 5.75 Å². The van der Waals surface area contributed by atoms with Crippen molar-refractivity contribution in [2.45, 2.75) is 6.54 Å². The second-order valence-electron chi connectivity index (χ2n) is 6.91. The molecule has 2 heterocycles. The second kappa shape index (κ2) is 9.15. The molecule has 3 aromatic rings. The molecule has 5 nitrogen and oxygen atoms in total. The molecule has 0 spiro atoms. The fourth-order valence-electron chi connectivity index (χ4n) is 3.24. The molecule has 1 amide bonds. The Morgan fingerprint density at radius 1 is 1.03 bits per heavy atom. The average Bonchev–Trinajstić information content (AvgIpc) is 3.23. The van der Waals surface area contributed by atoms with Crippen LogP contribution < -0.4 is 4.74 Å². The first kappa shape index (κ1) is 19.5. The van der Waals surface area contributed by atoms with Crippen LogP contribution in [0.15, 0.2) is 60.0 Å². The Hall–Kier alpha value is -2.77. The molecule has 0 bridgehead atoms. The highest BCUT2D eigenvalue weighted by atomic mass is 32.1. The minimum Gasteiger partial charge on any atom is -0.484 e. The smallest absolute Gasteiger partial charge is 0.260 e. The van der Waals surface area contributed by atoms with Crippen LogP contribution >= 0.6 is 11.3 Å². The zero-order valence-electron chi connectivity index (χ0n) is 16.0. The number of benzene rings is 2. The number of hydrogen-bond donors (Lipinski definition) is 0. The van der Waals surface area contributed by atoms with Crippen LogP contribution in [0.1, 0.15) is 5.69 Å². The highest BCUT2D eigenvalue weighted by molar-refractivity contribution is 7.13. The highest BCUT2D eigenvalue weighted by Gasteiger charge is 2.22. The van der Waals surface area contributed by atoms with Crippen LogP contribution in [0.4, 0.5) is 4.39 Å². The van der Waals surface area contributed by atoms with E-state index in [1.54, 1.807) is 11.3 Å². The predicted octanol–water partition coefficient (Wildman–Crippen LogP) is 3.67. The van der Waals surface area contributed by atoms with E-state index in [9.17, 15) is 9.18 Å². The first-order chi connectivity index (χ1) is 14.2. The van der Waals surface area contributed by atoms with Gasteiger partial charge in [0.05, 0.1) is 5.69 Å². The summed E-state index contributed by atoms with van der Waals surface area (Å²) in [5, 5.41) is 3.14. The molecule has 0 unspecified atom stereocenters. The maximum absolute atomic E-state index is 12.9. The van der Waals surface area contributed by atoms with Crippen LogP contribution in [-0.2, 0) is 11.3 Å². The zero-order valence-corrected chi connectivity index (χ0v) is 16.8. The van der Waals surface area contributed by atoms with Gasteiger partial charge >= 0.3 is 0 Å². The van der Waals surface area contributed by atoms with Crippen LogP contribution in [-0.4, -0.2) is 53.5 Å². The molecule has 1 aromatic heterocycles. The van der Waals surface area contributed by atoms with Crippen molar-refractivity contribution in [3.63, 3.8) is 0 Å². The van der Waals surface area contributed by atoms with Gasteiger partial charge in [-0.15, -0.1) is 11.3 Å². The lowest BCUT2D eigenvalue weighted by molar-refractivity contribution is -0.135. The molecular weight excluding hydrogens is 389 g/mol. The van der Waals surface area contributed by atoms with E-state index in [1.807, 2.05) is 23.1 Å². The third kappa shape index (κ3) is 5.19. The van der Waals surface area contributed by atoms with Gasteiger partial charge in [-0.1, -0.05) is 30.3 Å². The minimum atomic E-state index is -0.323. The normalized spacial score (nSPS) is 14.7. The molecule has 1 aliphatic rings. The summed E-state index contributed by atoms with van der Waals surface area (Å²) < 4.78 is 18.4. The number of ether oxygens (including phenoxy) is 1. The molecule has 0 N–H and O–H groups in total. The zero-order chi connectivity index (χ0) is 20.1. The first-order valence-electron chi connectivity index (χ1n) is 9.56. The Balaban J connectivity index is 1.23. The number of piperazine rings is 1. The van der Waals surface area contributed by atoms with E-state index in [-0.39, 0.29) is 18.3 Å². The SMILES string of the molecule is O=C(COc1ccc(F)cc1)N1CCN(Cc2csc(-c3ccccc3)n2)CC1. The summed E-state index contributed by atoms with van der Waals surface area (Å²) in [6.07, 6.45) is 0. The molecule has 0 saturated carbocycles. The number of carbonyl (C=O) groups is 1. The molecule has 0 radical (unpaired) electrons. The third-order valence-corrected chi connectivity index (χ3v) is 5.80. The third-order valence-electron chi connectivity index (χ3n) is 4.86. The fourth-order valence-corrected chi connectivity index (χ4v) is 4.06. The van der Waals surface area contributed by atoms with Crippen molar-refractivity contribution in [3.05, 3.63) is 71.5 Å². The largest absolute Gasteiger partial charge is 0.484 e. The van der Waals surface area contributed by atoms with Gasteiger partial charge in [0.1, 0.15) is 16.6 Å². The number of halogens is 1. The van der Waals surface area contributed by atoms with Crippen LogP contribution in [0.2, 0.25) is 0 Å². The molecule has 150 valence electrons. The van der Waals surface area contributed by atoms with Crippen molar-refractivity contribution < 1.29 is 13.9 Å². The molecule has 2 aromatic carbocycles. The lowest BCUT2D eigenvalue weighted by Crippen LogP contribution is -2.49. The van der Waals surface area contributed by atoms with Crippen molar-refractivity contribution in [1.29, 1.82) is 0 Å². The maximum Gasteiger partial charge on any atom is 0.260 e. The van der Waals surface area contributed by atoms with Gasteiger partial charge in [-0.05, 0) is 24.3 Å². The van der Waals surface area contributed by atoms with Crippen molar-refractivity contribution in [2.75, 3.05) is 32.8 Å². The Morgan fingerprint density at radius 3 is 2.48 bits per heavy atom. The van der Waals surface area contributed by atoms with Gasteiger partial charge in [0.15, 0.2) is 6.61 Å². The predicted molar refractivity (Wildman–Crippen MR) is 111 cm³/mol. The molecule has 0 atom stereocenters. The van der Waals surface area contributed by atoms with E-state index in [4.69, 9.17) is 9.72 Å². The second-order valence-corrected chi connectivity index (χ2v) is 7.77. The van der Waals surface area contributed by atoms with E-state index in [0.29, 0.717) is 18.8 Å². The van der Waals surface area contributed by atoms with E-state index < -0.39 is 0 Å². The van der Waals surface area contributed by atoms with Crippen molar-refractivity contribution in [3.8, 4) is 16.3 Å². The number of thiazole rings is 1. The molecular formula is C22H22FN3O2S. The minimum absolute atomic E-state index is 0.0296. The average molecular weight is 412 g/mol. The van der Waals surface area contributed by atoms with E-state index in [0.717, 1.165) is 35.9 Å². The lowest BCUT2D eigenvalue weighted by Gasteiger charge is -2.34. The lowest BCUT2D eigenvalue weighted by atomic mass is 10.2. The maximum atomic E-state index is 12.9. The summed E-state index contributed by atoms with van der Waals surface area (Å²) in [4.78, 5) is 21.2. The summed E-state index contributed by atoms with van der Waals surface area (Å²) in [6, 6.07) is 15.9. The quantitative estimate of drug-likeness (QED) is 0.621. The Morgan fingerprint density at radius 2 is 1.76 bits per heavy atom. The number of amides is 1. The molecule has 1 fully saturated rings. The summed E-state index contributed by atoms with van der Waals surface area (Å²) >= 11 is 1.66. The molecule has 0 aliphatic carbocycles. The van der Waals surface area contributed by atoms with Crippen molar-refractivity contribution >= 4 is 17.2 Å². The monoisotopic (exact) mass is 411 g/mol. The fraction of sp³-hybridized carbons (Fsp3) is 0.273. The number of rotatable bonds is 6. The Labute approximate surface area is 173 Å². The summed E-state index contributed by atoms with van der Waals surface area (Å²) in [7, 11) is 0. The van der Waals surface area contributed by atoms with Crippen LogP contribution in [0.25, 0.3) is 10.6 Å². The molecule has 1 aliphatic heterocycles. The number of carbonyl (C=O) groups excluding carboxylic acids is 1. The molecule has 29 heavy (non-hydrogen) atoms. The Kier molecular flexibility index (Phi) is 6.17. The van der Waals surface area contributed by atoms with Gasteiger partial charge in [0.2, 0.25) is 0 Å². The van der Waals surface area contributed by atoms with Gasteiger partial charge in [0, 0.05) is 43.7 Å². The molecule has 4 rings (SSSR count). The van der Waals surface area contributed by atoms with E-state index >= 15 is 0 Å². The van der Waals surface area contributed by atoms with E-state index in [2.05, 4.69) is 22.4 Å². The van der Waals surface area contributed by atoms with Gasteiger partial charge in [-0.25, -0.2) is 9.37 Å². The summed E-state index contributed by atoms with van der Waals surface area (Å²) in [6.45, 7) is 3.71. The first-order valence-corrected chi connectivity index (χ1v) is 10.4. The van der Waals surface area contributed by atoms with Crippen LogP contribution in [0, 0.1) is 5.82 Å².